The average Bonchev–Trinajstić information content (AvgIpc) is 2.71. The highest BCUT2D eigenvalue weighted by Gasteiger charge is 2.35. The van der Waals surface area contributed by atoms with Crippen molar-refractivity contribution < 1.29 is 5.11 Å². The Morgan fingerprint density at radius 3 is 2.83 bits per heavy atom. The quantitative estimate of drug-likeness (QED) is 0.847. The number of fused-ring (bicyclic) bond motifs is 1. The molecule has 18 heavy (non-hydrogen) atoms. The molecule has 2 aliphatic heterocycles. The summed E-state index contributed by atoms with van der Waals surface area (Å²) in [5, 5.41) is 14.1. The molecule has 0 aromatic heterocycles. The highest BCUT2D eigenvalue weighted by molar-refractivity contribution is 6.30. The molecule has 0 aliphatic carbocycles. The van der Waals surface area contributed by atoms with Crippen LogP contribution >= 0.6 is 11.6 Å². The molecule has 2 heterocycles. The van der Waals surface area contributed by atoms with Crippen molar-refractivity contribution >= 4 is 11.6 Å². The maximum atomic E-state index is 9.68. The first kappa shape index (κ1) is 12.4. The number of nitrogens with one attached hydrogen (secondary N) is 1. The SMILES string of the molecule is O[C@H]1C[C@H]2CN[C@@H](Cc3ccc(Cl)cc3)CN2C1. The molecule has 4 heteroatoms. The van der Waals surface area contributed by atoms with E-state index in [2.05, 4.69) is 22.3 Å². The third-order valence-corrected chi connectivity index (χ3v) is 4.25. The van der Waals surface area contributed by atoms with Gasteiger partial charge in [0.05, 0.1) is 6.10 Å². The van der Waals surface area contributed by atoms with E-state index in [1.54, 1.807) is 0 Å². The number of hydrogen-bond acceptors (Lipinski definition) is 3. The van der Waals surface area contributed by atoms with E-state index in [1.165, 1.54) is 5.56 Å². The molecular formula is C14H19ClN2O. The largest absolute Gasteiger partial charge is 0.392 e. The molecular weight excluding hydrogens is 248 g/mol. The second kappa shape index (κ2) is 5.17. The fourth-order valence-corrected chi connectivity index (χ4v) is 3.21. The Kier molecular flexibility index (Phi) is 3.57. The van der Waals surface area contributed by atoms with Crippen LogP contribution in [0.5, 0.6) is 0 Å². The summed E-state index contributed by atoms with van der Waals surface area (Å²) in [7, 11) is 0. The van der Waals surface area contributed by atoms with E-state index < -0.39 is 0 Å². The molecule has 98 valence electrons. The van der Waals surface area contributed by atoms with Crippen molar-refractivity contribution in [3.8, 4) is 0 Å². The molecule has 3 rings (SSSR count). The predicted octanol–water partition coefficient (Wildman–Crippen LogP) is 1.29. The van der Waals surface area contributed by atoms with Crippen LogP contribution in [0.3, 0.4) is 0 Å². The van der Waals surface area contributed by atoms with E-state index in [4.69, 9.17) is 11.6 Å². The van der Waals surface area contributed by atoms with Gasteiger partial charge in [0, 0.05) is 36.7 Å². The van der Waals surface area contributed by atoms with Crippen LogP contribution in [0.1, 0.15) is 12.0 Å². The van der Waals surface area contributed by atoms with Crippen LogP contribution in [0.4, 0.5) is 0 Å². The third-order valence-electron chi connectivity index (χ3n) is 4.00. The Bertz CT molecular complexity index is 409. The van der Waals surface area contributed by atoms with Gasteiger partial charge in [-0.05, 0) is 30.5 Å². The first-order valence-corrected chi connectivity index (χ1v) is 6.98. The van der Waals surface area contributed by atoms with E-state index in [-0.39, 0.29) is 6.10 Å². The van der Waals surface area contributed by atoms with Gasteiger partial charge in [-0.15, -0.1) is 0 Å². The summed E-state index contributed by atoms with van der Waals surface area (Å²) in [5.41, 5.74) is 1.31. The number of aliphatic hydroxyl groups is 1. The van der Waals surface area contributed by atoms with E-state index in [0.29, 0.717) is 12.1 Å². The van der Waals surface area contributed by atoms with Crippen LogP contribution in [0, 0.1) is 0 Å². The van der Waals surface area contributed by atoms with Crippen molar-refractivity contribution in [1.29, 1.82) is 0 Å². The molecule has 0 bridgehead atoms. The Balaban J connectivity index is 1.60. The Hall–Kier alpha value is -0.610. The van der Waals surface area contributed by atoms with Crippen molar-refractivity contribution in [2.75, 3.05) is 19.6 Å². The van der Waals surface area contributed by atoms with E-state index in [1.807, 2.05) is 12.1 Å². The molecule has 0 amide bonds. The lowest BCUT2D eigenvalue weighted by Crippen LogP contribution is -2.54. The van der Waals surface area contributed by atoms with Crippen LogP contribution in [0.25, 0.3) is 0 Å². The summed E-state index contributed by atoms with van der Waals surface area (Å²) in [6.07, 6.45) is 1.81. The summed E-state index contributed by atoms with van der Waals surface area (Å²) in [5.74, 6) is 0. The minimum atomic E-state index is -0.133. The molecule has 0 radical (unpaired) electrons. The molecule has 1 aromatic carbocycles. The normalized spacial score (nSPS) is 32.4. The lowest BCUT2D eigenvalue weighted by Gasteiger charge is -2.35. The Labute approximate surface area is 113 Å². The standard InChI is InChI=1S/C14H19ClN2O/c15-11-3-1-10(2-4-11)5-12-8-17-9-14(18)6-13(17)7-16-12/h1-4,12-14,16,18H,5-9H2/t12-,13-,14-/m0/s1. The fourth-order valence-electron chi connectivity index (χ4n) is 3.09. The van der Waals surface area contributed by atoms with E-state index >= 15 is 0 Å². The maximum Gasteiger partial charge on any atom is 0.0682 e. The summed E-state index contributed by atoms with van der Waals surface area (Å²) in [6.45, 7) is 2.86. The Morgan fingerprint density at radius 1 is 1.28 bits per heavy atom. The minimum absolute atomic E-state index is 0.133. The van der Waals surface area contributed by atoms with Gasteiger partial charge in [-0.1, -0.05) is 23.7 Å². The zero-order valence-corrected chi connectivity index (χ0v) is 11.1. The molecule has 0 saturated carbocycles. The summed E-state index contributed by atoms with van der Waals surface area (Å²) >= 11 is 5.89. The van der Waals surface area contributed by atoms with Gasteiger partial charge in [0.15, 0.2) is 0 Å². The van der Waals surface area contributed by atoms with E-state index in [0.717, 1.165) is 37.5 Å². The lowest BCUT2D eigenvalue weighted by molar-refractivity contribution is 0.153. The zero-order valence-electron chi connectivity index (χ0n) is 10.3. The molecule has 1 aromatic rings. The minimum Gasteiger partial charge on any atom is -0.392 e. The number of piperazine rings is 1. The fraction of sp³-hybridized carbons (Fsp3) is 0.571. The average molecular weight is 267 g/mol. The van der Waals surface area contributed by atoms with Crippen molar-refractivity contribution in [1.82, 2.24) is 10.2 Å². The summed E-state index contributed by atoms with van der Waals surface area (Å²) in [4.78, 5) is 2.42. The molecule has 2 N–H and O–H groups in total. The van der Waals surface area contributed by atoms with Gasteiger partial charge >= 0.3 is 0 Å². The van der Waals surface area contributed by atoms with Crippen LogP contribution in [0.15, 0.2) is 24.3 Å². The number of nitrogens with zero attached hydrogens (tertiary/aromatic N) is 1. The first-order chi connectivity index (χ1) is 8.70. The molecule has 3 nitrogen and oxygen atoms in total. The van der Waals surface area contributed by atoms with Crippen LogP contribution < -0.4 is 5.32 Å². The maximum absolute atomic E-state index is 9.68. The van der Waals surface area contributed by atoms with Gasteiger partial charge in [-0.2, -0.15) is 0 Å². The van der Waals surface area contributed by atoms with Crippen LogP contribution in [-0.2, 0) is 6.42 Å². The number of benzene rings is 1. The Morgan fingerprint density at radius 2 is 2.06 bits per heavy atom. The highest BCUT2D eigenvalue weighted by atomic mass is 35.5. The monoisotopic (exact) mass is 266 g/mol. The van der Waals surface area contributed by atoms with Gasteiger partial charge in [0.2, 0.25) is 0 Å². The lowest BCUT2D eigenvalue weighted by atomic mass is 10.0. The van der Waals surface area contributed by atoms with Crippen LogP contribution in [-0.4, -0.2) is 47.8 Å². The van der Waals surface area contributed by atoms with Gasteiger partial charge in [0.25, 0.3) is 0 Å². The summed E-state index contributed by atoms with van der Waals surface area (Å²) < 4.78 is 0. The van der Waals surface area contributed by atoms with Crippen molar-refractivity contribution in [2.24, 2.45) is 0 Å². The topological polar surface area (TPSA) is 35.5 Å². The zero-order chi connectivity index (χ0) is 12.5. The second-order valence-electron chi connectivity index (χ2n) is 5.43. The number of rotatable bonds is 2. The smallest absolute Gasteiger partial charge is 0.0682 e. The van der Waals surface area contributed by atoms with E-state index in [9.17, 15) is 5.11 Å². The molecule has 2 aliphatic rings. The molecule has 3 atom stereocenters. The number of hydrogen-bond donors (Lipinski definition) is 2. The predicted molar refractivity (Wildman–Crippen MR) is 72.9 cm³/mol. The number of aliphatic hydroxyl groups excluding tert-OH is 1. The number of halogens is 1. The highest BCUT2D eigenvalue weighted by Crippen LogP contribution is 2.22. The van der Waals surface area contributed by atoms with Crippen LogP contribution in [0.2, 0.25) is 5.02 Å². The molecule has 2 fully saturated rings. The van der Waals surface area contributed by atoms with Gasteiger partial charge < -0.3 is 10.4 Å². The molecule has 0 unspecified atom stereocenters. The third kappa shape index (κ3) is 2.69. The van der Waals surface area contributed by atoms with Gasteiger partial charge in [0.1, 0.15) is 0 Å². The van der Waals surface area contributed by atoms with Crippen molar-refractivity contribution in [3.05, 3.63) is 34.9 Å². The van der Waals surface area contributed by atoms with Crippen molar-refractivity contribution in [3.63, 3.8) is 0 Å². The molecule has 0 spiro atoms. The van der Waals surface area contributed by atoms with Gasteiger partial charge in [-0.3, -0.25) is 4.90 Å². The van der Waals surface area contributed by atoms with Crippen molar-refractivity contribution in [2.45, 2.75) is 31.0 Å². The van der Waals surface area contributed by atoms with Gasteiger partial charge in [-0.25, -0.2) is 0 Å². The summed E-state index contributed by atoms with van der Waals surface area (Å²) in [6, 6.07) is 9.09. The first-order valence-electron chi connectivity index (χ1n) is 6.60. The second-order valence-corrected chi connectivity index (χ2v) is 5.87. The molecule has 2 saturated heterocycles.